The quantitative estimate of drug-likeness (QED) is 0.644. The fourth-order valence-electron chi connectivity index (χ4n) is 3.64. The van der Waals surface area contributed by atoms with E-state index in [-0.39, 0.29) is 11.8 Å². The number of carboxylic acids is 1. The third kappa shape index (κ3) is 6.10. The number of amides is 1. The second-order valence-corrected chi connectivity index (χ2v) is 8.50. The Morgan fingerprint density at radius 1 is 1.21 bits per heavy atom. The summed E-state index contributed by atoms with van der Waals surface area (Å²) in [7, 11) is 0. The van der Waals surface area contributed by atoms with E-state index in [1.165, 1.54) is 19.3 Å². The largest absolute Gasteiger partial charge is 0.480 e. The highest BCUT2D eigenvalue weighted by atomic mass is 16.4. The normalized spacial score (nSPS) is 26.8. The van der Waals surface area contributed by atoms with Gasteiger partial charge < -0.3 is 10.4 Å². The van der Waals surface area contributed by atoms with Crippen molar-refractivity contribution in [1.82, 2.24) is 5.32 Å². The first-order valence-electron chi connectivity index (χ1n) is 9.73. The standard InChI is InChI=1S/C20H37NO3/c1-6-15(4)17(18(22)23)21-19(24)20(5)12-10-16(11-13-20)9-7-8-14(2)3/h14-17H,6-13H2,1-5H3,(H,21,24)(H,22,23)/t15-,16-,17-,20-/m0/s1. The Labute approximate surface area is 147 Å². The molecule has 140 valence electrons. The van der Waals surface area contributed by atoms with Crippen LogP contribution in [0.5, 0.6) is 0 Å². The summed E-state index contributed by atoms with van der Waals surface area (Å²) in [5.41, 5.74) is -0.407. The fourth-order valence-corrected chi connectivity index (χ4v) is 3.64. The van der Waals surface area contributed by atoms with Gasteiger partial charge in [0.2, 0.25) is 5.91 Å². The van der Waals surface area contributed by atoms with Crippen LogP contribution in [-0.4, -0.2) is 23.0 Å². The van der Waals surface area contributed by atoms with Crippen molar-refractivity contribution in [2.24, 2.45) is 23.2 Å². The van der Waals surface area contributed by atoms with E-state index in [1.807, 2.05) is 20.8 Å². The molecular weight excluding hydrogens is 302 g/mol. The van der Waals surface area contributed by atoms with Crippen molar-refractivity contribution in [3.63, 3.8) is 0 Å². The van der Waals surface area contributed by atoms with E-state index in [9.17, 15) is 14.7 Å². The summed E-state index contributed by atoms with van der Waals surface area (Å²) in [5.74, 6) is 0.439. The van der Waals surface area contributed by atoms with Crippen LogP contribution in [0.3, 0.4) is 0 Å². The number of hydrogen-bond acceptors (Lipinski definition) is 2. The van der Waals surface area contributed by atoms with Crippen LogP contribution in [0.1, 0.15) is 86.0 Å². The summed E-state index contributed by atoms with van der Waals surface area (Å²) >= 11 is 0. The van der Waals surface area contributed by atoms with E-state index in [0.29, 0.717) is 0 Å². The van der Waals surface area contributed by atoms with Gasteiger partial charge in [0.15, 0.2) is 0 Å². The summed E-state index contributed by atoms with van der Waals surface area (Å²) < 4.78 is 0. The van der Waals surface area contributed by atoms with Gasteiger partial charge in [-0.05, 0) is 43.4 Å². The van der Waals surface area contributed by atoms with E-state index >= 15 is 0 Å². The van der Waals surface area contributed by atoms with E-state index in [4.69, 9.17) is 0 Å². The van der Waals surface area contributed by atoms with Crippen LogP contribution >= 0.6 is 0 Å². The van der Waals surface area contributed by atoms with Gasteiger partial charge in [-0.2, -0.15) is 0 Å². The highest BCUT2D eigenvalue weighted by Crippen LogP contribution is 2.40. The van der Waals surface area contributed by atoms with E-state index in [1.54, 1.807) is 0 Å². The number of carboxylic acid groups (broad SMARTS) is 1. The first-order valence-corrected chi connectivity index (χ1v) is 9.73. The predicted molar refractivity (Wildman–Crippen MR) is 97.8 cm³/mol. The molecule has 4 heteroatoms. The van der Waals surface area contributed by atoms with Crippen molar-refractivity contribution in [2.45, 2.75) is 92.0 Å². The minimum Gasteiger partial charge on any atom is -0.480 e. The summed E-state index contributed by atoms with van der Waals surface area (Å²) in [6.45, 7) is 10.4. The van der Waals surface area contributed by atoms with Gasteiger partial charge in [0.1, 0.15) is 6.04 Å². The zero-order valence-electron chi connectivity index (χ0n) is 16.2. The van der Waals surface area contributed by atoms with Crippen molar-refractivity contribution < 1.29 is 14.7 Å². The molecule has 24 heavy (non-hydrogen) atoms. The molecule has 4 nitrogen and oxygen atoms in total. The number of hydrogen-bond donors (Lipinski definition) is 2. The highest BCUT2D eigenvalue weighted by Gasteiger charge is 2.39. The lowest BCUT2D eigenvalue weighted by Gasteiger charge is -2.37. The van der Waals surface area contributed by atoms with Crippen molar-refractivity contribution in [3.05, 3.63) is 0 Å². The van der Waals surface area contributed by atoms with Crippen molar-refractivity contribution in [3.8, 4) is 0 Å². The lowest BCUT2D eigenvalue weighted by molar-refractivity contribution is -0.146. The molecule has 0 aromatic rings. The Morgan fingerprint density at radius 2 is 1.79 bits per heavy atom. The molecule has 0 spiro atoms. The molecule has 2 N–H and O–H groups in total. The van der Waals surface area contributed by atoms with Gasteiger partial charge in [-0.15, -0.1) is 0 Å². The lowest BCUT2D eigenvalue weighted by atomic mass is 9.70. The zero-order valence-corrected chi connectivity index (χ0v) is 16.2. The van der Waals surface area contributed by atoms with Crippen LogP contribution < -0.4 is 5.32 Å². The number of nitrogens with one attached hydrogen (secondary N) is 1. The smallest absolute Gasteiger partial charge is 0.326 e. The molecule has 0 aromatic heterocycles. The Kier molecular flexibility index (Phi) is 8.24. The number of aliphatic carboxylic acids is 1. The summed E-state index contributed by atoms with van der Waals surface area (Å²) in [5, 5.41) is 12.2. The Hall–Kier alpha value is -1.06. The Balaban J connectivity index is 2.52. The van der Waals surface area contributed by atoms with E-state index in [0.717, 1.165) is 43.9 Å². The number of rotatable bonds is 9. The van der Waals surface area contributed by atoms with Gasteiger partial charge >= 0.3 is 5.97 Å². The molecule has 2 atom stereocenters. The van der Waals surface area contributed by atoms with Gasteiger partial charge in [-0.25, -0.2) is 4.79 Å². The van der Waals surface area contributed by atoms with Crippen LogP contribution in [-0.2, 0) is 9.59 Å². The van der Waals surface area contributed by atoms with Crippen LogP contribution in [0.2, 0.25) is 0 Å². The first-order chi connectivity index (χ1) is 11.2. The molecule has 1 aliphatic rings. The van der Waals surface area contributed by atoms with Gasteiger partial charge in [0.05, 0.1) is 0 Å². The third-order valence-corrected chi connectivity index (χ3v) is 5.92. The minimum absolute atomic E-state index is 0.0533. The predicted octanol–water partition coefficient (Wildman–Crippen LogP) is 4.62. The maximum absolute atomic E-state index is 12.7. The second-order valence-electron chi connectivity index (χ2n) is 8.50. The molecule has 0 aromatic carbocycles. The van der Waals surface area contributed by atoms with E-state index < -0.39 is 17.4 Å². The molecule has 1 aliphatic carbocycles. The highest BCUT2D eigenvalue weighted by molar-refractivity contribution is 5.87. The monoisotopic (exact) mass is 339 g/mol. The summed E-state index contributed by atoms with van der Waals surface area (Å²) in [6, 6.07) is -0.775. The molecule has 1 rings (SSSR count). The molecule has 0 unspecified atom stereocenters. The number of carbonyl (C=O) groups excluding carboxylic acids is 1. The fraction of sp³-hybridized carbons (Fsp3) is 0.900. The van der Waals surface area contributed by atoms with Gasteiger partial charge in [0.25, 0.3) is 0 Å². The van der Waals surface area contributed by atoms with Gasteiger partial charge in [0, 0.05) is 5.41 Å². The molecule has 1 fully saturated rings. The van der Waals surface area contributed by atoms with Crippen molar-refractivity contribution >= 4 is 11.9 Å². The second kappa shape index (κ2) is 9.43. The maximum atomic E-state index is 12.7. The van der Waals surface area contributed by atoms with Crippen molar-refractivity contribution in [1.29, 1.82) is 0 Å². The average Bonchev–Trinajstić information content (AvgIpc) is 2.53. The molecule has 0 saturated heterocycles. The SMILES string of the molecule is CC[C@H](C)[C@H](NC(=O)[C@]1(C)CC[C@@H](CCCC(C)C)CC1)C(=O)O. The summed E-state index contributed by atoms with van der Waals surface area (Å²) in [4.78, 5) is 24.1. The van der Waals surface area contributed by atoms with Crippen molar-refractivity contribution in [2.75, 3.05) is 0 Å². The van der Waals surface area contributed by atoms with Gasteiger partial charge in [-0.1, -0.05) is 60.3 Å². The lowest BCUT2D eigenvalue weighted by Crippen LogP contribution is -2.51. The Morgan fingerprint density at radius 3 is 2.25 bits per heavy atom. The Bertz CT molecular complexity index is 411. The minimum atomic E-state index is -0.927. The molecule has 0 bridgehead atoms. The third-order valence-electron chi connectivity index (χ3n) is 5.92. The van der Waals surface area contributed by atoms with E-state index in [2.05, 4.69) is 19.2 Å². The molecule has 1 amide bonds. The first kappa shape index (κ1) is 21.0. The van der Waals surface area contributed by atoms with Crippen LogP contribution in [0.25, 0.3) is 0 Å². The molecular formula is C20H37NO3. The van der Waals surface area contributed by atoms with Crippen LogP contribution in [0, 0.1) is 23.2 Å². The topological polar surface area (TPSA) is 66.4 Å². The van der Waals surface area contributed by atoms with Gasteiger partial charge in [-0.3, -0.25) is 4.79 Å². The molecule has 0 radical (unpaired) electrons. The van der Waals surface area contributed by atoms with Crippen LogP contribution in [0.15, 0.2) is 0 Å². The maximum Gasteiger partial charge on any atom is 0.326 e. The number of carbonyl (C=O) groups is 2. The summed E-state index contributed by atoms with van der Waals surface area (Å²) in [6.07, 6.45) is 8.48. The molecule has 0 aliphatic heterocycles. The molecule has 0 heterocycles. The zero-order chi connectivity index (χ0) is 18.3. The van der Waals surface area contributed by atoms with Crippen LogP contribution in [0.4, 0.5) is 0 Å². The molecule has 1 saturated carbocycles. The average molecular weight is 340 g/mol.